The number of nitrogens with zero attached hydrogens (tertiary/aromatic N) is 2. The summed E-state index contributed by atoms with van der Waals surface area (Å²) < 4.78 is 5.89. The SMILES string of the molecule is N#CCC(=O)N1CCC[C@@]2(CCCCO2)C1. The van der Waals surface area contributed by atoms with Gasteiger partial charge in [0, 0.05) is 19.7 Å². The second kappa shape index (κ2) is 4.84. The van der Waals surface area contributed by atoms with Crippen LogP contribution < -0.4 is 0 Å². The van der Waals surface area contributed by atoms with Crippen molar-refractivity contribution in [2.75, 3.05) is 19.7 Å². The minimum atomic E-state index is -0.0956. The third kappa shape index (κ3) is 2.35. The van der Waals surface area contributed by atoms with Crippen LogP contribution in [0.15, 0.2) is 0 Å². The Morgan fingerprint density at radius 3 is 2.88 bits per heavy atom. The second-order valence-electron chi connectivity index (χ2n) is 4.74. The normalized spacial score (nSPS) is 30.1. The van der Waals surface area contributed by atoms with Crippen LogP contribution in [0.3, 0.4) is 0 Å². The fourth-order valence-electron chi connectivity index (χ4n) is 2.72. The highest BCUT2D eigenvalue weighted by atomic mass is 16.5. The van der Waals surface area contributed by atoms with Gasteiger partial charge in [0.1, 0.15) is 6.42 Å². The summed E-state index contributed by atoms with van der Waals surface area (Å²) in [5.41, 5.74) is -0.0956. The lowest BCUT2D eigenvalue weighted by molar-refractivity contribution is -0.148. The molecule has 2 fully saturated rings. The van der Waals surface area contributed by atoms with Crippen molar-refractivity contribution in [3.8, 4) is 6.07 Å². The predicted molar refractivity (Wildman–Crippen MR) is 58.6 cm³/mol. The van der Waals surface area contributed by atoms with E-state index in [0.717, 1.165) is 38.8 Å². The van der Waals surface area contributed by atoms with Crippen LogP contribution >= 0.6 is 0 Å². The maximum Gasteiger partial charge on any atom is 0.236 e. The molecule has 4 heteroatoms. The molecule has 2 rings (SSSR count). The molecule has 2 saturated heterocycles. The molecule has 1 amide bonds. The van der Waals surface area contributed by atoms with Crippen LogP contribution in [0, 0.1) is 11.3 Å². The van der Waals surface area contributed by atoms with E-state index in [9.17, 15) is 4.79 Å². The van der Waals surface area contributed by atoms with Crippen LogP contribution in [-0.2, 0) is 9.53 Å². The molecule has 0 saturated carbocycles. The van der Waals surface area contributed by atoms with E-state index in [1.165, 1.54) is 6.42 Å². The Bertz CT molecular complexity index is 297. The van der Waals surface area contributed by atoms with Gasteiger partial charge in [-0.25, -0.2) is 0 Å². The van der Waals surface area contributed by atoms with Gasteiger partial charge in [-0.2, -0.15) is 5.26 Å². The number of hydrogen-bond donors (Lipinski definition) is 0. The molecule has 0 radical (unpaired) electrons. The highest BCUT2D eigenvalue weighted by Crippen LogP contribution is 2.33. The van der Waals surface area contributed by atoms with E-state index in [1.54, 1.807) is 4.90 Å². The standard InChI is InChI=1S/C12H18N2O2/c13-7-4-11(15)14-8-3-6-12(10-14)5-1-2-9-16-12/h1-6,8-10H2/t12-/m0/s1. The molecule has 0 unspecified atom stereocenters. The number of carbonyl (C=O) groups excluding carboxylic acids is 1. The van der Waals surface area contributed by atoms with E-state index in [-0.39, 0.29) is 17.9 Å². The summed E-state index contributed by atoms with van der Waals surface area (Å²) in [6, 6.07) is 1.92. The zero-order valence-electron chi connectivity index (χ0n) is 9.57. The Labute approximate surface area is 96.2 Å². The van der Waals surface area contributed by atoms with Crippen molar-refractivity contribution in [1.82, 2.24) is 4.90 Å². The molecule has 2 heterocycles. The smallest absolute Gasteiger partial charge is 0.236 e. The van der Waals surface area contributed by atoms with Crippen LogP contribution in [0.4, 0.5) is 0 Å². The minimum Gasteiger partial charge on any atom is -0.373 e. The zero-order valence-corrected chi connectivity index (χ0v) is 9.57. The molecule has 0 aromatic rings. The number of rotatable bonds is 1. The summed E-state index contributed by atoms with van der Waals surface area (Å²) in [4.78, 5) is 13.5. The highest BCUT2D eigenvalue weighted by molar-refractivity contribution is 5.78. The molecule has 0 aromatic carbocycles. The third-order valence-electron chi connectivity index (χ3n) is 3.56. The van der Waals surface area contributed by atoms with Gasteiger partial charge in [-0.1, -0.05) is 0 Å². The first-order valence-corrected chi connectivity index (χ1v) is 6.04. The molecule has 1 atom stereocenters. The maximum absolute atomic E-state index is 11.7. The monoisotopic (exact) mass is 222 g/mol. The van der Waals surface area contributed by atoms with Crippen LogP contribution in [0.2, 0.25) is 0 Å². The van der Waals surface area contributed by atoms with Crippen molar-refractivity contribution in [2.24, 2.45) is 0 Å². The molecular formula is C12H18N2O2. The van der Waals surface area contributed by atoms with Gasteiger partial charge in [-0.05, 0) is 32.1 Å². The van der Waals surface area contributed by atoms with Crippen LogP contribution in [0.25, 0.3) is 0 Å². The summed E-state index contributed by atoms with van der Waals surface area (Å²) >= 11 is 0. The molecular weight excluding hydrogens is 204 g/mol. The molecule has 1 spiro atoms. The van der Waals surface area contributed by atoms with E-state index in [1.807, 2.05) is 6.07 Å². The molecule has 0 aliphatic carbocycles. The van der Waals surface area contributed by atoms with Gasteiger partial charge < -0.3 is 9.64 Å². The van der Waals surface area contributed by atoms with E-state index in [0.29, 0.717) is 6.54 Å². The minimum absolute atomic E-state index is 0.00389. The van der Waals surface area contributed by atoms with Gasteiger partial charge in [0.05, 0.1) is 11.7 Å². The van der Waals surface area contributed by atoms with Crippen LogP contribution in [-0.4, -0.2) is 36.1 Å². The molecule has 2 aliphatic heterocycles. The van der Waals surface area contributed by atoms with Crippen molar-refractivity contribution in [2.45, 2.75) is 44.1 Å². The number of carbonyl (C=O) groups is 1. The van der Waals surface area contributed by atoms with E-state index < -0.39 is 0 Å². The van der Waals surface area contributed by atoms with E-state index >= 15 is 0 Å². The molecule has 0 bridgehead atoms. The molecule has 4 nitrogen and oxygen atoms in total. The van der Waals surface area contributed by atoms with E-state index in [2.05, 4.69) is 0 Å². The first kappa shape index (κ1) is 11.4. The fourth-order valence-corrected chi connectivity index (χ4v) is 2.72. The van der Waals surface area contributed by atoms with Crippen molar-refractivity contribution in [3.63, 3.8) is 0 Å². The number of ether oxygens (including phenoxy) is 1. The Kier molecular flexibility index (Phi) is 3.45. The number of nitriles is 1. The van der Waals surface area contributed by atoms with Gasteiger partial charge in [0.25, 0.3) is 0 Å². The lowest BCUT2D eigenvalue weighted by Gasteiger charge is -2.44. The molecule has 0 N–H and O–H groups in total. The average Bonchev–Trinajstić information content (AvgIpc) is 2.30. The van der Waals surface area contributed by atoms with Gasteiger partial charge >= 0.3 is 0 Å². The lowest BCUT2D eigenvalue weighted by atomic mass is 9.85. The molecule has 16 heavy (non-hydrogen) atoms. The predicted octanol–water partition coefficient (Wildman–Crippen LogP) is 1.46. The summed E-state index contributed by atoms with van der Waals surface area (Å²) in [6.45, 7) is 2.29. The van der Waals surface area contributed by atoms with Crippen molar-refractivity contribution >= 4 is 5.91 Å². The number of piperidine rings is 1. The first-order valence-electron chi connectivity index (χ1n) is 6.04. The Hall–Kier alpha value is -1.08. The largest absolute Gasteiger partial charge is 0.373 e. The average molecular weight is 222 g/mol. The number of hydrogen-bond acceptors (Lipinski definition) is 3. The lowest BCUT2D eigenvalue weighted by Crippen LogP contribution is -2.53. The van der Waals surface area contributed by atoms with Crippen molar-refractivity contribution < 1.29 is 9.53 Å². The third-order valence-corrected chi connectivity index (χ3v) is 3.56. The topological polar surface area (TPSA) is 53.3 Å². The van der Waals surface area contributed by atoms with Crippen molar-refractivity contribution in [1.29, 1.82) is 5.26 Å². The van der Waals surface area contributed by atoms with Gasteiger partial charge in [0.15, 0.2) is 0 Å². The second-order valence-corrected chi connectivity index (χ2v) is 4.74. The summed E-state index contributed by atoms with van der Waals surface area (Å²) in [5, 5.41) is 8.54. The highest BCUT2D eigenvalue weighted by Gasteiger charge is 2.38. The molecule has 2 aliphatic rings. The fraction of sp³-hybridized carbons (Fsp3) is 0.833. The Morgan fingerprint density at radius 1 is 1.38 bits per heavy atom. The quantitative estimate of drug-likeness (QED) is 0.675. The number of amides is 1. The van der Waals surface area contributed by atoms with Gasteiger partial charge in [-0.3, -0.25) is 4.79 Å². The first-order chi connectivity index (χ1) is 7.76. The van der Waals surface area contributed by atoms with Crippen LogP contribution in [0.1, 0.15) is 38.5 Å². The maximum atomic E-state index is 11.7. The summed E-state index contributed by atoms with van der Waals surface area (Å²) in [6.07, 6.45) is 5.44. The van der Waals surface area contributed by atoms with Crippen LogP contribution in [0.5, 0.6) is 0 Å². The van der Waals surface area contributed by atoms with Gasteiger partial charge in [-0.15, -0.1) is 0 Å². The summed E-state index contributed by atoms with van der Waals surface area (Å²) in [7, 11) is 0. The van der Waals surface area contributed by atoms with E-state index in [4.69, 9.17) is 10.00 Å². The summed E-state index contributed by atoms with van der Waals surface area (Å²) in [5.74, 6) is -0.0456. The molecule has 0 aromatic heterocycles. The number of likely N-dealkylation sites (tertiary alicyclic amines) is 1. The Morgan fingerprint density at radius 2 is 2.19 bits per heavy atom. The zero-order chi connectivity index (χ0) is 11.4. The Balaban J connectivity index is 1.98. The molecule has 88 valence electrons. The van der Waals surface area contributed by atoms with Crippen molar-refractivity contribution in [3.05, 3.63) is 0 Å². The van der Waals surface area contributed by atoms with Gasteiger partial charge in [0.2, 0.25) is 5.91 Å².